The summed E-state index contributed by atoms with van der Waals surface area (Å²) in [6.45, 7) is 4.82. The van der Waals surface area contributed by atoms with Gasteiger partial charge in [-0.05, 0) is 33.1 Å². The van der Waals surface area contributed by atoms with Crippen LogP contribution < -0.4 is 0 Å². The van der Waals surface area contributed by atoms with E-state index < -0.39 is 5.60 Å². The van der Waals surface area contributed by atoms with Gasteiger partial charge in [-0.15, -0.1) is 0 Å². The molecule has 94 valence electrons. The van der Waals surface area contributed by atoms with Crippen LogP contribution in [0.3, 0.4) is 0 Å². The summed E-state index contributed by atoms with van der Waals surface area (Å²) in [6, 6.07) is 1.64. The van der Waals surface area contributed by atoms with E-state index >= 15 is 0 Å². The molecule has 1 amide bonds. The largest absolute Gasteiger partial charge is 0.390 e. The lowest BCUT2D eigenvalue weighted by Crippen LogP contribution is -2.33. The van der Waals surface area contributed by atoms with Gasteiger partial charge in [0.2, 0.25) is 0 Å². The number of aromatic nitrogens is 1. The average Bonchev–Trinajstić information content (AvgIpc) is 2.60. The number of carbonyl (C=O) groups excluding carboxylic acids is 1. The van der Waals surface area contributed by atoms with Crippen molar-refractivity contribution >= 4 is 5.91 Å². The highest BCUT2D eigenvalue weighted by molar-refractivity contribution is 5.92. The lowest BCUT2D eigenvalue weighted by atomic mass is 9.98. The summed E-state index contributed by atoms with van der Waals surface area (Å²) in [5.41, 5.74) is -0.307. The number of amides is 1. The SMILES string of the molecule is Cc1cc(C(=O)N2CCCC(C)(O)CC2)no1. The molecule has 17 heavy (non-hydrogen) atoms. The molecule has 2 rings (SSSR count). The second-order valence-electron chi connectivity index (χ2n) is 4.97. The van der Waals surface area contributed by atoms with E-state index in [0.29, 0.717) is 31.0 Å². The molecule has 1 unspecified atom stereocenters. The molecule has 1 N–H and O–H groups in total. The average molecular weight is 238 g/mol. The summed E-state index contributed by atoms with van der Waals surface area (Å²) in [5, 5.41) is 13.7. The zero-order chi connectivity index (χ0) is 12.5. The Balaban J connectivity index is 2.05. The summed E-state index contributed by atoms with van der Waals surface area (Å²) in [7, 11) is 0. The zero-order valence-electron chi connectivity index (χ0n) is 10.3. The zero-order valence-corrected chi connectivity index (χ0v) is 10.3. The topological polar surface area (TPSA) is 66.6 Å². The Morgan fingerprint density at radius 1 is 1.53 bits per heavy atom. The van der Waals surface area contributed by atoms with Crippen LogP contribution in [0.5, 0.6) is 0 Å². The van der Waals surface area contributed by atoms with E-state index in [-0.39, 0.29) is 5.91 Å². The second kappa shape index (κ2) is 4.49. The van der Waals surface area contributed by atoms with Crippen LogP contribution in [0.25, 0.3) is 0 Å². The quantitative estimate of drug-likeness (QED) is 0.802. The van der Waals surface area contributed by atoms with E-state index in [1.165, 1.54) is 0 Å². The molecule has 0 aliphatic carbocycles. The third kappa shape index (κ3) is 2.85. The monoisotopic (exact) mass is 238 g/mol. The molecule has 1 saturated heterocycles. The van der Waals surface area contributed by atoms with E-state index in [1.54, 1.807) is 17.9 Å². The van der Waals surface area contributed by atoms with Crippen molar-refractivity contribution in [3.63, 3.8) is 0 Å². The molecule has 1 aliphatic rings. The fourth-order valence-corrected chi connectivity index (χ4v) is 2.10. The molecule has 0 radical (unpaired) electrons. The van der Waals surface area contributed by atoms with Gasteiger partial charge < -0.3 is 14.5 Å². The fourth-order valence-electron chi connectivity index (χ4n) is 2.10. The summed E-state index contributed by atoms with van der Waals surface area (Å²) in [6.07, 6.45) is 2.15. The van der Waals surface area contributed by atoms with Crippen LogP contribution in [0, 0.1) is 6.92 Å². The van der Waals surface area contributed by atoms with Gasteiger partial charge in [-0.1, -0.05) is 5.16 Å². The number of nitrogens with zero attached hydrogens (tertiary/aromatic N) is 2. The second-order valence-corrected chi connectivity index (χ2v) is 4.97. The molecule has 5 heteroatoms. The maximum absolute atomic E-state index is 12.1. The third-order valence-corrected chi connectivity index (χ3v) is 3.20. The molecule has 0 saturated carbocycles. The van der Waals surface area contributed by atoms with Crippen molar-refractivity contribution in [3.8, 4) is 0 Å². The van der Waals surface area contributed by atoms with Crippen molar-refractivity contribution in [1.82, 2.24) is 10.1 Å². The van der Waals surface area contributed by atoms with Gasteiger partial charge >= 0.3 is 0 Å². The number of aliphatic hydroxyl groups is 1. The molecule has 1 fully saturated rings. The maximum atomic E-state index is 12.1. The molecule has 0 spiro atoms. The first kappa shape index (κ1) is 12.1. The number of aryl methyl sites for hydroxylation is 1. The van der Waals surface area contributed by atoms with Crippen molar-refractivity contribution in [2.75, 3.05) is 13.1 Å². The molecular weight excluding hydrogens is 220 g/mol. The predicted octanol–water partition coefficient (Wildman–Crippen LogP) is 1.36. The highest BCUT2D eigenvalue weighted by Gasteiger charge is 2.28. The summed E-state index contributed by atoms with van der Waals surface area (Å²) >= 11 is 0. The lowest BCUT2D eigenvalue weighted by molar-refractivity contribution is 0.0437. The third-order valence-electron chi connectivity index (χ3n) is 3.20. The summed E-state index contributed by atoms with van der Waals surface area (Å²) in [5.74, 6) is 0.523. The van der Waals surface area contributed by atoms with E-state index in [0.717, 1.165) is 12.8 Å². The van der Waals surface area contributed by atoms with E-state index in [1.807, 2.05) is 6.92 Å². The van der Waals surface area contributed by atoms with Crippen molar-refractivity contribution in [2.24, 2.45) is 0 Å². The van der Waals surface area contributed by atoms with Gasteiger partial charge in [0.25, 0.3) is 5.91 Å². The molecule has 1 aromatic heterocycles. The molecule has 1 aliphatic heterocycles. The normalized spacial score (nSPS) is 25.7. The highest BCUT2D eigenvalue weighted by Crippen LogP contribution is 2.22. The van der Waals surface area contributed by atoms with Crippen LogP contribution in [-0.2, 0) is 0 Å². The van der Waals surface area contributed by atoms with Crippen LogP contribution in [0.2, 0.25) is 0 Å². The first-order valence-corrected chi connectivity index (χ1v) is 5.93. The van der Waals surface area contributed by atoms with Gasteiger partial charge in [-0.2, -0.15) is 0 Å². The van der Waals surface area contributed by atoms with Crippen molar-refractivity contribution < 1.29 is 14.4 Å². The summed E-state index contributed by atoms with van der Waals surface area (Å²) < 4.78 is 4.90. The fraction of sp³-hybridized carbons (Fsp3) is 0.667. The van der Waals surface area contributed by atoms with Gasteiger partial charge in [0.1, 0.15) is 5.76 Å². The number of hydrogen-bond acceptors (Lipinski definition) is 4. The Labute approximate surface area is 100 Å². The minimum Gasteiger partial charge on any atom is -0.390 e. The van der Waals surface area contributed by atoms with Crippen LogP contribution in [0.15, 0.2) is 10.6 Å². The van der Waals surface area contributed by atoms with Crippen molar-refractivity contribution in [1.29, 1.82) is 0 Å². The van der Waals surface area contributed by atoms with E-state index in [2.05, 4.69) is 5.16 Å². The van der Waals surface area contributed by atoms with Crippen LogP contribution in [0.4, 0.5) is 0 Å². The van der Waals surface area contributed by atoms with Gasteiger partial charge in [-0.25, -0.2) is 0 Å². The molecule has 1 atom stereocenters. The lowest BCUT2D eigenvalue weighted by Gasteiger charge is -2.21. The molecule has 5 nitrogen and oxygen atoms in total. The molecule has 0 bridgehead atoms. The van der Waals surface area contributed by atoms with Gasteiger partial charge in [0.15, 0.2) is 5.69 Å². The van der Waals surface area contributed by atoms with Gasteiger partial charge in [0.05, 0.1) is 5.60 Å². The number of carbonyl (C=O) groups is 1. The first-order valence-electron chi connectivity index (χ1n) is 5.93. The molecule has 0 aromatic carbocycles. The Hall–Kier alpha value is -1.36. The van der Waals surface area contributed by atoms with E-state index in [9.17, 15) is 9.90 Å². The smallest absolute Gasteiger partial charge is 0.276 e. The number of likely N-dealkylation sites (tertiary alicyclic amines) is 1. The minimum absolute atomic E-state index is 0.112. The Morgan fingerprint density at radius 2 is 2.29 bits per heavy atom. The highest BCUT2D eigenvalue weighted by atomic mass is 16.5. The van der Waals surface area contributed by atoms with Gasteiger partial charge in [0, 0.05) is 19.2 Å². The molecular formula is C12H18N2O3. The Morgan fingerprint density at radius 3 is 2.94 bits per heavy atom. The van der Waals surface area contributed by atoms with Crippen LogP contribution >= 0.6 is 0 Å². The van der Waals surface area contributed by atoms with Crippen LogP contribution in [0.1, 0.15) is 42.4 Å². The minimum atomic E-state index is -0.658. The first-order chi connectivity index (χ1) is 7.98. The summed E-state index contributed by atoms with van der Waals surface area (Å²) in [4.78, 5) is 13.8. The molecule has 1 aromatic rings. The van der Waals surface area contributed by atoms with E-state index in [4.69, 9.17) is 4.52 Å². The predicted molar refractivity (Wildman–Crippen MR) is 61.6 cm³/mol. The number of rotatable bonds is 1. The van der Waals surface area contributed by atoms with Crippen molar-refractivity contribution in [2.45, 2.75) is 38.7 Å². The maximum Gasteiger partial charge on any atom is 0.276 e. The van der Waals surface area contributed by atoms with Crippen molar-refractivity contribution in [3.05, 3.63) is 17.5 Å². The standard InChI is InChI=1S/C12H18N2O3/c1-9-8-10(13-17-9)11(15)14-6-3-4-12(2,16)5-7-14/h8,16H,3-7H2,1-2H3. The number of hydrogen-bond donors (Lipinski definition) is 1. The van der Waals surface area contributed by atoms with Gasteiger partial charge in [-0.3, -0.25) is 4.79 Å². The van der Waals surface area contributed by atoms with Crippen LogP contribution in [-0.4, -0.2) is 39.8 Å². The molecule has 2 heterocycles. The Bertz CT molecular complexity index is 412. The Kier molecular flexibility index (Phi) is 3.19.